The van der Waals surface area contributed by atoms with Crippen LogP contribution in [-0.4, -0.2) is 33.8 Å². The van der Waals surface area contributed by atoms with E-state index in [1.54, 1.807) is 0 Å². The van der Waals surface area contributed by atoms with E-state index in [1.165, 1.54) is 11.8 Å². The second kappa shape index (κ2) is 6.36. The lowest BCUT2D eigenvalue weighted by atomic mass is 10.2. The number of ketones is 1. The number of thioether (sulfide) groups is 2. The van der Waals surface area contributed by atoms with Crippen LogP contribution in [0, 0.1) is 11.3 Å². The predicted molar refractivity (Wildman–Crippen MR) is 89.9 cm³/mol. The van der Waals surface area contributed by atoms with Gasteiger partial charge in [0.2, 0.25) is 11.1 Å². The minimum atomic E-state index is -0.261. The van der Waals surface area contributed by atoms with Crippen molar-refractivity contribution in [1.82, 2.24) is 15.2 Å². The number of nitrogens with zero attached hydrogens (tertiary/aromatic N) is 4. The van der Waals surface area contributed by atoms with E-state index in [0.717, 1.165) is 22.3 Å². The number of carbonyl (C=O) groups is 1. The molecule has 116 valence electrons. The highest BCUT2D eigenvalue weighted by molar-refractivity contribution is 8.03. The van der Waals surface area contributed by atoms with Gasteiger partial charge in [0.1, 0.15) is 16.7 Å². The Morgan fingerprint density at radius 3 is 2.96 bits per heavy atom. The number of nitriles is 1. The van der Waals surface area contributed by atoms with Gasteiger partial charge in [-0.1, -0.05) is 35.7 Å². The lowest BCUT2D eigenvalue weighted by Gasteiger charge is -2.14. The van der Waals surface area contributed by atoms with Crippen LogP contribution in [0.25, 0.3) is 0 Å². The number of allylic oxidation sites excluding steroid dienone is 1. The van der Waals surface area contributed by atoms with Crippen molar-refractivity contribution in [2.75, 3.05) is 23.4 Å². The number of nitrogen functional groups attached to an aromatic ring is 1. The van der Waals surface area contributed by atoms with Crippen LogP contribution in [0.4, 0.5) is 11.6 Å². The van der Waals surface area contributed by atoms with Crippen molar-refractivity contribution < 1.29 is 4.79 Å². The van der Waals surface area contributed by atoms with E-state index in [1.807, 2.05) is 42.3 Å². The minimum Gasteiger partial charge on any atom is -0.368 e. The Balaban J connectivity index is 1.80. The fourth-order valence-corrected chi connectivity index (χ4v) is 3.91. The lowest BCUT2D eigenvalue weighted by Crippen LogP contribution is -2.16. The van der Waals surface area contributed by atoms with E-state index in [0.29, 0.717) is 10.2 Å². The normalized spacial score (nSPS) is 15.2. The molecule has 3 N–H and O–H groups in total. The summed E-state index contributed by atoms with van der Waals surface area (Å²) in [5, 5.41) is 16.8. The van der Waals surface area contributed by atoms with E-state index >= 15 is 0 Å². The van der Waals surface area contributed by atoms with Crippen LogP contribution in [-0.2, 0) is 4.79 Å². The number of aromatic nitrogens is 3. The Kier molecular flexibility index (Phi) is 4.27. The minimum absolute atomic E-state index is 0.0778. The van der Waals surface area contributed by atoms with E-state index in [9.17, 15) is 10.1 Å². The number of hydrogen-bond acceptors (Lipinski definition) is 8. The van der Waals surface area contributed by atoms with Crippen LogP contribution >= 0.6 is 23.5 Å². The third-order valence-corrected chi connectivity index (χ3v) is 5.24. The summed E-state index contributed by atoms with van der Waals surface area (Å²) >= 11 is 2.57. The number of Topliss-reactive ketones (excluding diaryl/α,β-unsaturated/α-hetero) is 1. The first kappa shape index (κ1) is 15.5. The first-order valence-electron chi connectivity index (χ1n) is 6.59. The van der Waals surface area contributed by atoms with Crippen LogP contribution in [0.1, 0.15) is 0 Å². The fourth-order valence-electron chi connectivity index (χ4n) is 2.08. The van der Waals surface area contributed by atoms with Gasteiger partial charge in [-0.25, -0.2) is 5.10 Å². The van der Waals surface area contributed by atoms with Crippen molar-refractivity contribution in [3.8, 4) is 6.07 Å². The first-order valence-corrected chi connectivity index (χ1v) is 8.39. The number of nitrogens with one attached hydrogen (secondary N) is 1. The highest BCUT2D eigenvalue weighted by atomic mass is 32.2. The van der Waals surface area contributed by atoms with Gasteiger partial charge in [-0.3, -0.25) is 4.79 Å². The zero-order chi connectivity index (χ0) is 16.4. The van der Waals surface area contributed by atoms with Gasteiger partial charge in [-0.05, 0) is 12.1 Å². The molecule has 7 nitrogen and oxygen atoms in total. The van der Waals surface area contributed by atoms with Crippen molar-refractivity contribution >= 4 is 40.9 Å². The molecule has 9 heteroatoms. The number of hydrogen-bond donors (Lipinski definition) is 2. The highest BCUT2D eigenvalue weighted by Gasteiger charge is 2.27. The van der Waals surface area contributed by atoms with E-state index in [2.05, 4.69) is 15.2 Å². The van der Waals surface area contributed by atoms with Crippen LogP contribution in [0.5, 0.6) is 0 Å². The monoisotopic (exact) mass is 344 g/mol. The van der Waals surface area contributed by atoms with Crippen molar-refractivity contribution in [1.29, 1.82) is 5.26 Å². The molecular weight excluding hydrogens is 332 g/mol. The molecule has 1 aliphatic rings. The molecule has 1 aliphatic heterocycles. The van der Waals surface area contributed by atoms with E-state index < -0.39 is 0 Å². The molecule has 3 rings (SSSR count). The maximum Gasteiger partial charge on any atom is 0.216 e. The van der Waals surface area contributed by atoms with E-state index in [4.69, 9.17) is 5.73 Å². The Morgan fingerprint density at radius 2 is 2.30 bits per heavy atom. The molecular formula is C14H12N6OS2. The maximum absolute atomic E-state index is 12.4. The van der Waals surface area contributed by atoms with Crippen molar-refractivity contribution in [2.24, 2.45) is 0 Å². The summed E-state index contributed by atoms with van der Waals surface area (Å²) in [6.07, 6.45) is 0. The summed E-state index contributed by atoms with van der Waals surface area (Å²) in [7, 11) is 1.85. The fraction of sp³-hybridized carbons (Fsp3) is 0.143. The van der Waals surface area contributed by atoms with Crippen LogP contribution in [0.2, 0.25) is 0 Å². The molecule has 2 heterocycles. The number of aromatic amines is 1. The number of carbonyl (C=O) groups excluding carboxylic acids is 1. The van der Waals surface area contributed by atoms with Gasteiger partial charge in [0, 0.05) is 11.9 Å². The van der Waals surface area contributed by atoms with Crippen molar-refractivity contribution in [3.05, 3.63) is 34.9 Å². The predicted octanol–water partition coefficient (Wildman–Crippen LogP) is 2.03. The molecule has 0 aliphatic carbocycles. The number of nitrogens with two attached hydrogens (primary N) is 1. The van der Waals surface area contributed by atoms with Gasteiger partial charge in [0.05, 0.1) is 11.4 Å². The second-order valence-corrected chi connectivity index (χ2v) is 6.61. The summed E-state index contributed by atoms with van der Waals surface area (Å²) < 4.78 is 0. The maximum atomic E-state index is 12.4. The largest absolute Gasteiger partial charge is 0.368 e. The average molecular weight is 344 g/mol. The third kappa shape index (κ3) is 3.04. The number of rotatable bonds is 4. The Morgan fingerprint density at radius 1 is 1.52 bits per heavy atom. The topological polar surface area (TPSA) is 112 Å². The molecule has 0 saturated heterocycles. The first-order chi connectivity index (χ1) is 11.1. The van der Waals surface area contributed by atoms with Crippen LogP contribution in [0.3, 0.4) is 0 Å². The zero-order valence-electron chi connectivity index (χ0n) is 12.1. The van der Waals surface area contributed by atoms with Crippen molar-refractivity contribution in [3.63, 3.8) is 0 Å². The molecule has 0 unspecified atom stereocenters. The van der Waals surface area contributed by atoms with Gasteiger partial charge >= 0.3 is 0 Å². The molecule has 1 aromatic heterocycles. The van der Waals surface area contributed by atoms with E-state index in [-0.39, 0.29) is 23.1 Å². The summed E-state index contributed by atoms with van der Waals surface area (Å²) in [4.78, 5) is 19.2. The summed E-state index contributed by atoms with van der Waals surface area (Å²) in [5.41, 5.74) is 6.57. The smallest absolute Gasteiger partial charge is 0.216 e. The summed E-state index contributed by atoms with van der Waals surface area (Å²) in [5.74, 6) is 0.0115. The molecule has 0 spiro atoms. The highest BCUT2D eigenvalue weighted by Crippen LogP contribution is 2.46. The van der Waals surface area contributed by atoms with Gasteiger partial charge < -0.3 is 10.6 Å². The molecule has 0 saturated carbocycles. The van der Waals surface area contributed by atoms with Gasteiger partial charge in [-0.2, -0.15) is 10.2 Å². The Bertz CT molecular complexity index is 838. The molecule has 23 heavy (non-hydrogen) atoms. The van der Waals surface area contributed by atoms with Gasteiger partial charge in [0.25, 0.3) is 0 Å². The SMILES string of the molecule is CN1/C(=C(\C#N)C(=O)CSc2n[nH]c(N)n2)Sc2ccccc21. The van der Waals surface area contributed by atoms with Crippen LogP contribution in [0.15, 0.2) is 44.9 Å². The van der Waals surface area contributed by atoms with Gasteiger partial charge in [0.15, 0.2) is 5.78 Å². The Hall–Kier alpha value is -2.44. The molecule has 0 bridgehead atoms. The molecule has 0 radical (unpaired) electrons. The quantitative estimate of drug-likeness (QED) is 0.492. The lowest BCUT2D eigenvalue weighted by molar-refractivity contribution is -0.112. The second-order valence-electron chi connectivity index (χ2n) is 4.64. The number of H-pyrrole nitrogens is 1. The number of para-hydroxylation sites is 1. The number of fused-ring (bicyclic) bond motifs is 1. The summed E-state index contributed by atoms with van der Waals surface area (Å²) in [6.45, 7) is 0. The average Bonchev–Trinajstić information content (AvgIpc) is 3.11. The standard InChI is InChI=1S/C14H12N6OS2/c1-20-9-4-2-3-5-11(9)23-12(20)8(6-15)10(21)7-22-14-17-13(16)18-19-14/h2-5H,7H2,1H3,(H3,16,17,18,19)/b12-8-. The van der Waals surface area contributed by atoms with Crippen molar-refractivity contribution in [2.45, 2.75) is 10.1 Å². The molecule has 1 aromatic carbocycles. The number of anilines is 2. The zero-order valence-corrected chi connectivity index (χ0v) is 13.7. The number of benzene rings is 1. The molecule has 0 atom stereocenters. The van der Waals surface area contributed by atoms with Crippen LogP contribution < -0.4 is 10.6 Å². The Labute approximate surface area is 140 Å². The third-order valence-electron chi connectivity index (χ3n) is 3.16. The summed E-state index contributed by atoms with van der Waals surface area (Å²) in [6, 6.07) is 9.81. The molecule has 2 aromatic rings. The van der Waals surface area contributed by atoms with Gasteiger partial charge in [-0.15, -0.1) is 5.10 Å². The molecule has 0 amide bonds. The molecule has 0 fully saturated rings.